The lowest BCUT2D eigenvalue weighted by Gasteiger charge is -2.22. The predicted molar refractivity (Wildman–Crippen MR) is 155 cm³/mol. The number of rotatable bonds is 11. The summed E-state index contributed by atoms with van der Waals surface area (Å²) in [7, 11) is 4.99. The van der Waals surface area contributed by atoms with Gasteiger partial charge in [0.1, 0.15) is 6.33 Å². The molecule has 2 N–H and O–H groups in total. The van der Waals surface area contributed by atoms with Gasteiger partial charge in [0.25, 0.3) is 0 Å². The first kappa shape index (κ1) is 31.0. The molecule has 1 amide bonds. The smallest absolute Gasteiger partial charge is 0.213 e. The molecule has 206 valence electrons. The second-order valence-electron chi connectivity index (χ2n) is 8.53. The molecule has 2 aromatic carbocycles. The SMILES string of the molecule is CCCSc1ccc(N2CCCC2)cc1N(C)C=O.CN.COCc1ccccc1Cn1cnc(C=O)n1. The van der Waals surface area contributed by atoms with Gasteiger partial charge in [-0.05, 0) is 61.4 Å². The molecule has 1 aromatic heterocycles. The molecule has 10 heteroatoms. The van der Waals surface area contributed by atoms with Gasteiger partial charge in [0.2, 0.25) is 12.2 Å². The molecule has 1 fully saturated rings. The van der Waals surface area contributed by atoms with Crippen LogP contribution in [0.1, 0.15) is 47.9 Å². The van der Waals surface area contributed by atoms with E-state index in [9.17, 15) is 9.59 Å². The number of aromatic nitrogens is 3. The summed E-state index contributed by atoms with van der Waals surface area (Å²) in [6, 6.07) is 14.4. The van der Waals surface area contributed by atoms with Gasteiger partial charge < -0.3 is 20.3 Å². The summed E-state index contributed by atoms with van der Waals surface area (Å²) in [5.41, 5.74) is 8.98. The average molecular weight is 541 g/mol. The van der Waals surface area contributed by atoms with Gasteiger partial charge in [-0.3, -0.25) is 9.59 Å². The number of nitrogens with zero attached hydrogens (tertiary/aromatic N) is 5. The van der Waals surface area contributed by atoms with Gasteiger partial charge in [0.05, 0.1) is 18.8 Å². The summed E-state index contributed by atoms with van der Waals surface area (Å²) < 4.78 is 6.77. The Balaban J connectivity index is 0.000000252. The van der Waals surface area contributed by atoms with Crippen LogP contribution in [-0.4, -0.2) is 67.5 Å². The van der Waals surface area contributed by atoms with Crippen molar-refractivity contribution in [3.05, 3.63) is 65.7 Å². The molecule has 0 aliphatic carbocycles. The second-order valence-corrected chi connectivity index (χ2v) is 9.67. The third kappa shape index (κ3) is 9.27. The maximum atomic E-state index is 11.1. The van der Waals surface area contributed by atoms with Crippen molar-refractivity contribution < 1.29 is 14.3 Å². The van der Waals surface area contributed by atoms with Crippen LogP contribution in [0.5, 0.6) is 0 Å². The minimum Gasteiger partial charge on any atom is -0.380 e. The van der Waals surface area contributed by atoms with Crippen LogP contribution in [0.2, 0.25) is 0 Å². The first-order valence-electron chi connectivity index (χ1n) is 12.8. The van der Waals surface area contributed by atoms with Crippen LogP contribution in [0.25, 0.3) is 0 Å². The third-order valence-electron chi connectivity index (χ3n) is 5.82. The number of aldehydes is 1. The molecule has 9 nitrogen and oxygen atoms in total. The molecular weight excluding hydrogens is 500 g/mol. The van der Waals surface area contributed by atoms with Gasteiger partial charge in [-0.25, -0.2) is 9.67 Å². The van der Waals surface area contributed by atoms with Gasteiger partial charge >= 0.3 is 0 Å². The van der Waals surface area contributed by atoms with Gasteiger partial charge in [-0.1, -0.05) is 31.2 Å². The molecule has 3 aromatic rings. The summed E-state index contributed by atoms with van der Waals surface area (Å²) in [5, 5.41) is 4.02. The van der Waals surface area contributed by atoms with E-state index in [1.54, 1.807) is 23.0 Å². The minimum atomic E-state index is 0.203. The van der Waals surface area contributed by atoms with Crippen LogP contribution in [-0.2, 0) is 22.7 Å². The highest BCUT2D eigenvalue weighted by Crippen LogP contribution is 2.34. The van der Waals surface area contributed by atoms with Crippen LogP contribution >= 0.6 is 11.8 Å². The van der Waals surface area contributed by atoms with Crippen molar-refractivity contribution in [2.45, 2.75) is 44.2 Å². The fourth-order valence-electron chi connectivity index (χ4n) is 3.97. The van der Waals surface area contributed by atoms with E-state index in [0.717, 1.165) is 48.5 Å². The number of nitrogens with two attached hydrogens (primary N) is 1. The van der Waals surface area contributed by atoms with Gasteiger partial charge in [0.15, 0.2) is 6.29 Å². The number of benzene rings is 2. The number of hydrogen-bond acceptors (Lipinski definition) is 8. The van der Waals surface area contributed by atoms with Gasteiger partial charge in [-0.15, -0.1) is 16.9 Å². The van der Waals surface area contributed by atoms with Crippen molar-refractivity contribution in [2.75, 3.05) is 49.8 Å². The van der Waals surface area contributed by atoms with Crippen LogP contribution < -0.4 is 15.5 Å². The minimum absolute atomic E-state index is 0.203. The Kier molecular flexibility index (Phi) is 14.1. The summed E-state index contributed by atoms with van der Waals surface area (Å²) in [5.74, 6) is 1.29. The predicted octanol–water partition coefficient (Wildman–Crippen LogP) is 4.24. The Bertz CT molecular complexity index is 1120. The number of carbonyl (C=O) groups is 2. The first-order valence-corrected chi connectivity index (χ1v) is 13.8. The van der Waals surface area contributed by atoms with Crippen molar-refractivity contribution in [3.8, 4) is 0 Å². The number of thioether (sulfide) groups is 1. The molecule has 1 aliphatic rings. The molecular formula is C28H40N6O3S. The van der Waals surface area contributed by atoms with Crippen molar-refractivity contribution in [2.24, 2.45) is 5.73 Å². The Morgan fingerprint density at radius 1 is 1.11 bits per heavy atom. The maximum Gasteiger partial charge on any atom is 0.213 e. The Morgan fingerprint density at radius 3 is 2.42 bits per heavy atom. The number of anilines is 2. The summed E-state index contributed by atoms with van der Waals surface area (Å²) in [6.07, 6.45) is 6.75. The highest BCUT2D eigenvalue weighted by Gasteiger charge is 2.15. The topological polar surface area (TPSA) is 107 Å². The number of hydrogen-bond donors (Lipinski definition) is 1. The molecule has 0 radical (unpaired) electrons. The fraction of sp³-hybridized carbons (Fsp3) is 0.429. The zero-order valence-electron chi connectivity index (χ0n) is 22.9. The maximum absolute atomic E-state index is 11.1. The lowest BCUT2D eigenvalue weighted by atomic mass is 10.1. The van der Waals surface area contributed by atoms with Crippen molar-refractivity contribution >= 4 is 35.8 Å². The number of ether oxygens (including phenoxy) is 1. The summed E-state index contributed by atoms with van der Waals surface area (Å²) in [4.78, 5) is 30.7. The van der Waals surface area contributed by atoms with Gasteiger partial charge in [-0.2, -0.15) is 0 Å². The molecule has 2 heterocycles. The fourth-order valence-corrected chi connectivity index (χ4v) is 4.91. The number of amides is 1. The van der Waals surface area contributed by atoms with Crippen LogP contribution in [0.3, 0.4) is 0 Å². The van der Waals surface area contributed by atoms with Gasteiger partial charge in [0, 0.05) is 37.8 Å². The Labute approximate surface area is 230 Å². The standard InChI is InChI=1S/C15H22N2OS.C12H13N3O2.CH5N/c1-3-10-19-15-7-6-13(17-8-4-5-9-17)11-14(15)16(2)12-18;1-17-8-11-5-3-2-4-10(11)6-15-9-13-12(7-16)14-15;1-2/h6-7,11-12H,3-5,8-10H2,1-2H3;2-5,7,9H,6,8H2,1H3;2H2,1H3. The van der Waals surface area contributed by atoms with E-state index in [2.05, 4.69) is 45.8 Å². The van der Waals surface area contributed by atoms with Crippen LogP contribution in [0.15, 0.2) is 53.7 Å². The number of methoxy groups -OCH3 is 1. The van der Waals surface area contributed by atoms with E-state index in [1.807, 2.05) is 43.1 Å². The lowest BCUT2D eigenvalue weighted by molar-refractivity contribution is -0.107. The van der Waals surface area contributed by atoms with E-state index in [0.29, 0.717) is 19.4 Å². The van der Waals surface area contributed by atoms with E-state index in [1.165, 1.54) is 30.5 Å². The number of carbonyl (C=O) groups excluding carboxylic acids is 2. The van der Waals surface area contributed by atoms with Crippen molar-refractivity contribution in [1.82, 2.24) is 14.8 Å². The molecule has 1 saturated heterocycles. The molecule has 0 spiro atoms. The molecule has 4 rings (SSSR count). The third-order valence-corrected chi connectivity index (χ3v) is 7.09. The van der Waals surface area contributed by atoms with Crippen LogP contribution in [0.4, 0.5) is 11.4 Å². The summed E-state index contributed by atoms with van der Waals surface area (Å²) >= 11 is 1.82. The monoisotopic (exact) mass is 540 g/mol. The molecule has 0 unspecified atom stereocenters. The molecule has 0 bridgehead atoms. The molecule has 1 aliphatic heterocycles. The molecule has 0 saturated carbocycles. The normalized spacial score (nSPS) is 12.2. The summed E-state index contributed by atoms with van der Waals surface area (Å²) in [6.45, 7) is 5.58. The molecule has 38 heavy (non-hydrogen) atoms. The van der Waals surface area contributed by atoms with E-state index >= 15 is 0 Å². The second kappa shape index (κ2) is 17.3. The largest absolute Gasteiger partial charge is 0.380 e. The Hall–Kier alpha value is -3.21. The quantitative estimate of drug-likeness (QED) is 0.284. The Morgan fingerprint density at radius 2 is 1.82 bits per heavy atom. The van der Waals surface area contributed by atoms with Crippen LogP contribution in [0, 0.1) is 0 Å². The van der Waals surface area contributed by atoms with E-state index in [4.69, 9.17) is 4.74 Å². The first-order chi connectivity index (χ1) is 18.6. The average Bonchev–Trinajstić information content (AvgIpc) is 3.67. The van der Waals surface area contributed by atoms with Crippen molar-refractivity contribution in [1.29, 1.82) is 0 Å². The van der Waals surface area contributed by atoms with E-state index < -0.39 is 0 Å². The zero-order chi connectivity index (χ0) is 27.8. The van der Waals surface area contributed by atoms with E-state index in [-0.39, 0.29) is 5.82 Å². The lowest BCUT2D eigenvalue weighted by Crippen LogP contribution is -2.19. The molecule has 0 atom stereocenters. The zero-order valence-corrected chi connectivity index (χ0v) is 23.7. The highest BCUT2D eigenvalue weighted by molar-refractivity contribution is 7.99. The highest BCUT2D eigenvalue weighted by atomic mass is 32.2. The van der Waals surface area contributed by atoms with Crippen molar-refractivity contribution in [3.63, 3.8) is 0 Å².